The third-order valence-electron chi connectivity index (χ3n) is 3.75. The molecular formula is C16H23N3S. The zero-order chi connectivity index (χ0) is 14.5. The van der Waals surface area contributed by atoms with Crippen LogP contribution in [0.2, 0.25) is 0 Å². The Kier molecular flexibility index (Phi) is 5.15. The van der Waals surface area contributed by atoms with Crippen LogP contribution in [0.1, 0.15) is 37.6 Å². The van der Waals surface area contributed by atoms with Crippen LogP contribution in [0, 0.1) is 0 Å². The van der Waals surface area contributed by atoms with Gasteiger partial charge in [0.1, 0.15) is 0 Å². The predicted octanol–water partition coefficient (Wildman–Crippen LogP) is 3.62. The predicted molar refractivity (Wildman–Crippen MR) is 87.3 cm³/mol. The van der Waals surface area contributed by atoms with Crippen molar-refractivity contribution in [3.8, 4) is 0 Å². The molecule has 2 atom stereocenters. The van der Waals surface area contributed by atoms with Crippen molar-refractivity contribution >= 4 is 16.5 Å². The average Bonchev–Trinajstić information content (AvgIpc) is 2.95. The summed E-state index contributed by atoms with van der Waals surface area (Å²) in [4.78, 5) is 6.95. The summed E-state index contributed by atoms with van der Waals surface area (Å²) >= 11 is 1.70. The van der Waals surface area contributed by atoms with Crippen LogP contribution in [0.3, 0.4) is 0 Å². The van der Waals surface area contributed by atoms with Crippen molar-refractivity contribution in [3.63, 3.8) is 0 Å². The summed E-state index contributed by atoms with van der Waals surface area (Å²) in [7, 11) is 2.11. The first-order valence-electron chi connectivity index (χ1n) is 7.09. The van der Waals surface area contributed by atoms with Gasteiger partial charge in [-0.2, -0.15) is 0 Å². The van der Waals surface area contributed by atoms with E-state index in [1.54, 1.807) is 11.3 Å². The summed E-state index contributed by atoms with van der Waals surface area (Å²) in [6.07, 6.45) is 1.91. The van der Waals surface area contributed by atoms with Crippen LogP contribution >= 0.6 is 11.3 Å². The number of benzene rings is 1. The molecular weight excluding hydrogens is 266 g/mol. The molecule has 2 unspecified atom stereocenters. The summed E-state index contributed by atoms with van der Waals surface area (Å²) in [6.45, 7) is 4.41. The Labute approximate surface area is 125 Å². The van der Waals surface area contributed by atoms with E-state index in [4.69, 9.17) is 10.7 Å². The molecule has 2 aromatic rings. The second-order valence-corrected chi connectivity index (χ2v) is 6.05. The Morgan fingerprint density at radius 1 is 1.30 bits per heavy atom. The van der Waals surface area contributed by atoms with Crippen LogP contribution < -0.4 is 10.6 Å². The number of nitrogens with two attached hydrogens (primary N) is 1. The van der Waals surface area contributed by atoms with Crippen molar-refractivity contribution in [2.24, 2.45) is 5.73 Å². The number of thiazole rings is 1. The lowest BCUT2D eigenvalue weighted by Gasteiger charge is -2.22. The van der Waals surface area contributed by atoms with Gasteiger partial charge in [0.05, 0.1) is 5.69 Å². The van der Waals surface area contributed by atoms with Gasteiger partial charge >= 0.3 is 0 Å². The van der Waals surface area contributed by atoms with Crippen molar-refractivity contribution in [3.05, 3.63) is 47.0 Å². The second kappa shape index (κ2) is 6.86. The molecule has 0 amide bonds. The van der Waals surface area contributed by atoms with Crippen molar-refractivity contribution in [2.45, 2.75) is 38.8 Å². The van der Waals surface area contributed by atoms with E-state index < -0.39 is 0 Å². The van der Waals surface area contributed by atoms with E-state index >= 15 is 0 Å². The lowest BCUT2D eigenvalue weighted by atomic mass is 10.0. The highest BCUT2D eigenvalue weighted by Crippen LogP contribution is 2.24. The lowest BCUT2D eigenvalue weighted by Crippen LogP contribution is -2.27. The molecule has 0 saturated heterocycles. The summed E-state index contributed by atoms with van der Waals surface area (Å²) in [5, 5.41) is 3.20. The van der Waals surface area contributed by atoms with Crippen molar-refractivity contribution in [1.29, 1.82) is 0 Å². The van der Waals surface area contributed by atoms with Gasteiger partial charge in [-0.1, -0.05) is 37.3 Å². The molecule has 108 valence electrons. The quantitative estimate of drug-likeness (QED) is 0.883. The van der Waals surface area contributed by atoms with Crippen LogP contribution in [-0.4, -0.2) is 18.1 Å². The van der Waals surface area contributed by atoms with Crippen LogP contribution in [0.4, 0.5) is 5.13 Å². The summed E-state index contributed by atoms with van der Waals surface area (Å²) in [5.74, 6) is 0. The Balaban J connectivity index is 2.03. The number of hydrogen-bond donors (Lipinski definition) is 1. The maximum Gasteiger partial charge on any atom is 0.185 e. The Morgan fingerprint density at radius 3 is 2.65 bits per heavy atom. The summed E-state index contributed by atoms with van der Waals surface area (Å²) in [6, 6.07) is 10.7. The first-order chi connectivity index (χ1) is 9.61. The topological polar surface area (TPSA) is 42.2 Å². The fourth-order valence-corrected chi connectivity index (χ4v) is 2.96. The minimum absolute atomic E-state index is 0.0139. The van der Waals surface area contributed by atoms with Crippen LogP contribution in [0.25, 0.3) is 0 Å². The van der Waals surface area contributed by atoms with Gasteiger partial charge in [0.2, 0.25) is 0 Å². The molecule has 0 fully saturated rings. The zero-order valence-electron chi connectivity index (χ0n) is 12.4. The molecule has 1 aromatic heterocycles. The van der Waals surface area contributed by atoms with Gasteiger partial charge in [0, 0.05) is 30.9 Å². The second-order valence-electron chi connectivity index (χ2n) is 5.21. The molecule has 0 radical (unpaired) electrons. The normalized spacial score (nSPS) is 14.0. The SMILES string of the molecule is CCC(C)N(C)c1nc(CC(N)c2ccccc2)cs1. The lowest BCUT2D eigenvalue weighted by molar-refractivity contribution is 0.658. The van der Waals surface area contributed by atoms with E-state index in [0.717, 1.165) is 29.2 Å². The van der Waals surface area contributed by atoms with E-state index in [-0.39, 0.29) is 6.04 Å². The van der Waals surface area contributed by atoms with Gasteiger partial charge in [-0.15, -0.1) is 11.3 Å². The van der Waals surface area contributed by atoms with Crippen LogP contribution in [0.5, 0.6) is 0 Å². The highest BCUT2D eigenvalue weighted by Gasteiger charge is 2.14. The molecule has 1 aromatic carbocycles. The molecule has 0 aliphatic heterocycles. The largest absolute Gasteiger partial charge is 0.348 e. The first-order valence-corrected chi connectivity index (χ1v) is 7.97. The van der Waals surface area contributed by atoms with Crippen molar-refractivity contribution in [2.75, 3.05) is 11.9 Å². The van der Waals surface area contributed by atoms with Gasteiger partial charge in [0.15, 0.2) is 5.13 Å². The van der Waals surface area contributed by atoms with E-state index in [2.05, 4.69) is 43.3 Å². The number of rotatable bonds is 6. The van der Waals surface area contributed by atoms with E-state index in [1.165, 1.54) is 0 Å². The van der Waals surface area contributed by atoms with Crippen LogP contribution in [-0.2, 0) is 6.42 Å². The number of aromatic nitrogens is 1. The molecule has 4 heteroatoms. The molecule has 0 spiro atoms. The molecule has 3 nitrogen and oxygen atoms in total. The fraction of sp³-hybridized carbons (Fsp3) is 0.438. The molecule has 20 heavy (non-hydrogen) atoms. The maximum atomic E-state index is 6.25. The van der Waals surface area contributed by atoms with Crippen molar-refractivity contribution < 1.29 is 0 Å². The Morgan fingerprint density at radius 2 is 2.00 bits per heavy atom. The van der Waals surface area contributed by atoms with Gasteiger partial charge < -0.3 is 10.6 Å². The fourth-order valence-electron chi connectivity index (χ4n) is 2.06. The maximum absolute atomic E-state index is 6.25. The monoisotopic (exact) mass is 289 g/mol. The molecule has 0 aliphatic carbocycles. The third kappa shape index (κ3) is 3.58. The van der Waals surface area contributed by atoms with Gasteiger partial charge in [-0.05, 0) is 18.9 Å². The molecule has 2 N–H and O–H groups in total. The highest BCUT2D eigenvalue weighted by atomic mass is 32.1. The number of nitrogens with zero attached hydrogens (tertiary/aromatic N) is 2. The summed E-state index contributed by atoms with van der Waals surface area (Å²) < 4.78 is 0. The van der Waals surface area contributed by atoms with Gasteiger partial charge in [-0.25, -0.2) is 4.98 Å². The molecule has 0 aliphatic rings. The van der Waals surface area contributed by atoms with E-state index in [1.807, 2.05) is 18.2 Å². The molecule has 0 saturated carbocycles. The zero-order valence-corrected chi connectivity index (χ0v) is 13.2. The highest BCUT2D eigenvalue weighted by molar-refractivity contribution is 7.13. The van der Waals surface area contributed by atoms with Gasteiger partial charge in [-0.3, -0.25) is 0 Å². The average molecular weight is 289 g/mol. The van der Waals surface area contributed by atoms with Gasteiger partial charge in [0.25, 0.3) is 0 Å². The summed E-state index contributed by atoms with van der Waals surface area (Å²) in [5.41, 5.74) is 8.49. The first kappa shape index (κ1) is 15.0. The minimum Gasteiger partial charge on any atom is -0.348 e. The molecule has 0 bridgehead atoms. The standard InChI is InChI=1S/C16H23N3S/c1-4-12(2)19(3)16-18-14(11-20-16)10-15(17)13-8-6-5-7-9-13/h5-9,11-12,15H,4,10,17H2,1-3H3. The molecule has 2 rings (SSSR count). The smallest absolute Gasteiger partial charge is 0.185 e. The Hall–Kier alpha value is -1.39. The molecule has 1 heterocycles. The Bertz CT molecular complexity index is 524. The number of hydrogen-bond acceptors (Lipinski definition) is 4. The minimum atomic E-state index is 0.0139. The van der Waals surface area contributed by atoms with Crippen molar-refractivity contribution in [1.82, 2.24) is 4.98 Å². The third-order valence-corrected chi connectivity index (χ3v) is 4.73. The van der Waals surface area contributed by atoms with E-state index in [0.29, 0.717) is 6.04 Å². The number of anilines is 1. The van der Waals surface area contributed by atoms with E-state index in [9.17, 15) is 0 Å². The van der Waals surface area contributed by atoms with Crippen LogP contribution in [0.15, 0.2) is 35.7 Å².